The quantitative estimate of drug-likeness (QED) is 0.722. The van der Waals surface area contributed by atoms with E-state index < -0.39 is 32.3 Å². The van der Waals surface area contributed by atoms with Gasteiger partial charge in [0.25, 0.3) is 5.91 Å². The van der Waals surface area contributed by atoms with Crippen LogP contribution in [0.2, 0.25) is 0 Å². The molecule has 1 unspecified atom stereocenters. The molecule has 5 nitrogen and oxygen atoms in total. The summed E-state index contributed by atoms with van der Waals surface area (Å²) in [6.45, 7) is 1.26. The lowest BCUT2D eigenvalue weighted by Gasteiger charge is -2.34. The molecule has 0 saturated carbocycles. The number of carbonyl (C=O) groups excluding carboxylic acids is 1. The highest BCUT2D eigenvalue weighted by Crippen LogP contribution is 2.30. The average molecular weight is 375 g/mol. The maximum absolute atomic E-state index is 15.1. The summed E-state index contributed by atoms with van der Waals surface area (Å²) < 4.78 is 26.3. The van der Waals surface area contributed by atoms with Gasteiger partial charge in [-0.15, -0.1) is 0 Å². The number of ether oxygens (including phenoxy) is 1. The molecule has 1 saturated heterocycles. The predicted octanol–water partition coefficient (Wildman–Crippen LogP) is 0.494. The Morgan fingerprint density at radius 1 is 1.12 bits per heavy atom. The smallest absolute Gasteiger partial charge is 0.404 e. The first kappa shape index (κ1) is 18.7. The topological polar surface area (TPSA) is 67.8 Å². The van der Waals surface area contributed by atoms with Crippen molar-refractivity contribution >= 4 is 24.8 Å². The second-order valence-electron chi connectivity index (χ2n) is 6.53. The number of alkyl halides is 1. The first-order valence-corrected chi connectivity index (χ1v) is 10.2. The Morgan fingerprint density at radius 2 is 1.62 bits per heavy atom. The molecule has 0 aromatic heterocycles. The summed E-state index contributed by atoms with van der Waals surface area (Å²) in [6, 6.07) is 17.2. The van der Waals surface area contributed by atoms with Crippen LogP contribution >= 0.6 is 0 Å². The molecule has 2 aromatic carbocycles. The van der Waals surface area contributed by atoms with Crippen LogP contribution in [-0.2, 0) is 14.0 Å². The molecular formula is C19H22FNO4Si. The van der Waals surface area contributed by atoms with E-state index in [0.717, 1.165) is 0 Å². The molecule has 26 heavy (non-hydrogen) atoms. The Hall–Kier alpha value is -2.06. The van der Waals surface area contributed by atoms with Crippen LogP contribution in [0.25, 0.3) is 0 Å². The molecule has 1 fully saturated rings. The van der Waals surface area contributed by atoms with E-state index in [1.165, 1.54) is 14.0 Å². The molecule has 1 aliphatic rings. The molecule has 2 N–H and O–H groups in total. The van der Waals surface area contributed by atoms with Gasteiger partial charge in [0.1, 0.15) is 6.10 Å². The molecule has 0 aliphatic carbocycles. The van der Waals surface area contributed by atoms with Crippen molar-refractivity contribution < 1.29 is 23.1 Å². The summed E-state index contributed by atoms with van der Waals surface area (Å²) in [7, 11) is -2.28. The lowest BCUT2D eigenvalue weighted by atomic mass is 10.0. The molecular weight excluding hydrogens is 353 g/mol. The van der Waals surface area contributed by atoms with Gasteiger partial charge in [-0.2, -0.15) is 0 Å². The number of amides is 1. The summed E-state index contributed by atoms with van der Waals surface area (Å²) in [4.78, 5) is 23.7. The molecule has 0 spiro atoms. The van der Waals surface area contributed by atoms with Gasteiger partial charge < -0.3 is 19.3 Å². The number of carbonyl (C=O) groups is 1. The minimum Gasteiger partial charge on any atom is -0.404 e. The first-order valence-electron chi connectivity index (χ1n) is 8.39. The third-order valence-electron chi connectivity index (χ3n) is 4.63. The number of methoxy groups -OCH3 is 1. The molecule has 0 radical (unpaired) electrons. The van der Waals surface area contributed by atoms with E-state index in [-0.39, 0.29) is 6.61 Å². The van der Waals surface area contributed by atoms with Gasteiger partial charge >= 0.3 is 8.56 Å². The Balaban J connectivity index is 2.04. The largest absolute Gasteiger partial charge is 0.404 e. The van der Waals surface area contributed by atoms with Gasteiger partial charge in [-0.05, 0) is 17.3 Å². The zero-order valence-electron chi connectivity index (χ0n) is 14.7. The number of nitrogens with one attached hydrogen (secondary N) is 1. The summed E-state index contributed by atoms with van der Waals surface area (Å²) in [5.41, 5.74) is -2.27. The molecule has 1 aliphatic heterocycles. The minimum atomic E-state index is -3.74. The predicted molar refractivity (Wildman–Crippen MR) is 98.3 cm³/mol. The Kier molecular flexibility index (Phi) is 5.24. The number of hydrogen-bond acceptors (Lipinski definition) is 4. The summed E-state index contributed by atoms with van der Waals surface area (Å²) in [6.07, 6.45) is -1.17. The van der Waals surface area contributed by atoms with Crippen molar-refractivity contribution in [1.82, 2.24) is 5.32 Å². The van der Waals surface area contributed by atoms with Crippen LogP contribution in [0, 0.1) is 0 Å². The van der Waals surface area contributed by atoms with Crippen LogP contribution in [0.1, 0.15) is 6.92 Å². The van der Waals surface area contributed by atoms with Crippen LogP contribution in [0.5, 0.6) is 0 Å². The molecule has 2 aromatic rings. The molecule has 1 amide bonds. The van der Waals surface area contributed by atoms with Crippen LogP contribution in [0.4, 0.5) is 4.39 Å². The van der Waals surface area contributed by atoms with Crippen molar-refractivity contribution in [3.63, 3.8) is 0 Å². The highest BCUT2D eigenvalue weighted by Gasteiger charge is 2.57. The van der Waals surface area contributed by atoms with Crippen molar-refractivity contribution in [2.24, 2.45) is 0 Å². The van der Waals surface area contributed by atoms with Crippen molar-refractivity contribution in [3.05, 3.63) is 60.7 Å². The monoisotopic (exact) mass is 375 g/mol. The number of rotatable bonds is 6. The van der Waals surface area contributed by atoms with E-state index in [0.29, 0.717) is 10.4 Å². The number of halogens is 1. The van der Waals surface area contributed by atoms with Crippen molar-refractivity contribution in [1.29, 1.82) is 0 Å². The zero-order valence-corrected chi connectivity index (χ0v) is 15.7. The van der Waals surface area contributed by atoms with Gasteiger partial charge in [-0.25, -0.2) is 4.39 Å². The SMILES string of the molecule is COCC1NC(=O)[C@](C)(F)[C@@H]1O[Si](O)(c1ccccc1)c1ccccc1. The normalized spacial score (nSPS) is 25.9. The number of hydrogen-bond donors (Lipinski definition) is 2. The third kappa shape index (κ3) is 3.31. The van der Waals surface area contributed by atoms with Crippen molar-refractivity contribution in [3.8, 4) is 0 Å². The number of benzene rings is 2. The highest BCUT2D eigenvalue weighted by molar-refractivity contribution is 6.91. The van der Waals surface area contributed by atoms with E-state index in [4.69, 9.17) is 9.16 Å². The molecule has 3 rings (SSSR count). The maximum atomic E-state index is 15.1. The molecule has 138 valence electrons. The van der Waals surface area contributed by atoms with E-state index in [1.807, 2.05) is 12.1 Å². The Morgan fingerprint density at radius 3 is 2.08 bits per heavy atom. The second-order valence-corrected chi connectivity index (χ2v) is 9.20. The van der Waals surface area contributed by atoms with Crippen molar-refractivity contribution in [2.75, 3.05) is 13.7 Å². The van der Waals surface area contributed by atoms with Crippen LogP contribution in [-0.4, -0.2) is 50.8 Å². The van der Waals surface area contributed by atoms with Gasteiger partial charge in [0.2, 0.25) is 5.67 Å². The van der Waals surface area contributed by atoms with Gasteiger partial charge in [0.05, 0.1) is 12.6 Å². The van der Waals surface area contributed by atoms with E-state index in [2.05, 4.69) is 5.32 Å². The van der Waals surface area contributed by atoms with Gasteiger partial charge in [0, 0.05) is 7.11 Å². The lowest BCUT2D eigenvalue weighted by Crippen LogP contribution is -2.65. The standard InChI is InChI=1S/C19H22FNO4Si/c1-19(20)17(16(13-24-2)21-18(19)22)25-26(23,14-9-5-3-6-10-14)15-11-7-4-8-12-15/h3-12,16-17,23H,13H2,1-2H3,(H,21,22)/t16?,17-,19-/m1/s1. The third-order valence-corrected chi connectivity index (χ3v) is 7.46. The zero-order chi connectivity index (χ0) is 18.8. The van der Waals surface area contributed by atoms with Gasteiger partial charge in [-0.3, -0.25) is 4.79 Å². The second kappa shape index (κ2) is 7.28. The first-order chi connectivity index (χ1) is 12.4. The van der Waals surface area contributed by atoms with E-state index in [1.54, 1.807) is 48.5 Å². The average Bonchev–Trinajstić information content (AvgIpc) is 2.86. The fourth-order valence-corrected chi connectivity index (χ4v) is 5.86. The van der Waals surface area contributed by atoms with Crippen LogP contribution < -0.4 is 15.7 Å². The fraction of sp³-hybridized carbons (Fsp3) is 0.316. The lowest BCUT2D eigenvalue weighted by molar-refractivity contribution is -0.131. The molecule has 0 bridgehead atoms. The van der Waals surface area contributed by atoms with Crippen molar-refractivity contribution in [2.45, 2.75) is 24.7 Å². The van der Waals surface area contributed by atoms with Gasteiger partial charge in [0.15, 0.2) is 0 Å². The van der Waals surface area contributed by atoms with Gasteiger partial charge in [-0.1, -0.05) is 60.7 Å². The summed E-state index contributed by atoms with van der Waals surface area (Å²) >= 11 is 0. The molecule has 7 heteroatoms. The van der Waals surface area contributed by atoms with Crippen LogP contribution in [0.3, 0.4) is 0 Å². The Labute approximate surface area is 153 Å². The van der Waals surface area contributed by atoms with Crippen LogP contribution in [0.15, 0.2) is 60.7 Å². The Bertz CT molecular complexity index is 717. The fourth-order valence-electron chi connectivity index (χ4n) is 3.21. The minimum absolute atomic E-state index is 0.0873. The summed E-state index contributed by atoms with van der Waals surface area (Å²) in [5.74, 6) is -0.762. The van der Waals surface area contributed by atoms with E-state index >= 15 is 4.39 Å². The van der Waals surface area contributed by atoms with E-state index in [9.17, 15) is 9.59 Å². The summed E-state index contributed by atoms with van der Waals surface area (Å²) in [5, 5.41) is 3.73. The maximum Gasteiger partial charge on any atom is 0.404 e. The highest BCUT2D eigenvalue weighted by atomic mass is 28.4. The molecule has 3 atom stereocenters. The molecule has 1 heterocycles.